The van der Waals surface area contributed by atoms with Crippen molar-refractivity contribution in [2.75, 3.05) is 45.9 Å². The van der Waals surface area contributed by atoms with E-state index >= 15 is 0 Å². The lowest BCUT2D eigenvalue weighted by atomic mass is 10.1. The third kappa shape index (κ3) is 11.9. The van der Waals surface area contributed by atoms with Crippen molar-refractivity contribution in [3.8, 4) is 0 Å². The Labute approximate surface area is 145 Å². The summed E-state index contributed by atoms with van der Waals surface area (Å²) < 4.78 is 5.83. The molecule has 0 bridgehead atoms. The fourth-order valence-electron chi connectivity index (χ4n) is 2.30. The highest BCUT2D eigenvalue weighted by molar-refractivity contribution is 4.74. The first-order valence-corrected chi connectivity index (χ1v) is 9.43. The number of hydrogen-bond acceptors (Lipinski definition) is 4. The van der Waals surface area contributed by atoms with Crippen molar-refractivity contribution in [3.05, 3.63) is 0 Å². The van der Waals surface area contributed by atoms with Crippen LogP contribution in [0.1, 0.15) is 61.3 Å². The molecule has 0 radical (unpaired) electrons. The predicted octanol–water partition coefficient (Wildman–Crippen LogP) is 3.24. The fourth-order valence-corrected chi connectivity index (χ4v) is 2.30. The van der Waals surface area contributed by atoms with Crippen LogP contribution in [0.5, 0.6) is 0 Å². The van der Waals surface area contributed by atoms with Crippen LogP contribution in [0, 0.1) is 5.92 Å². The Bertz CT molecular complexity index is 273. The number of ether oxygens (including phenoxy) is 1. The molecule has 0 aromatic rings. The Morgan fingerprint density at radius 3 is 1.96 bits per heavy atom. The molecule has 1 aliphatic heterocycles. The third-order valence-electron chi connectivity index (χ3n) is 4.57. The molecule has 0 aliphatic carbocycles. The summed E-state index contributed by atoms with van der Waals surface area (Å²) in [5, 5.41) is 8.94. The van der Waals surface area contributed by atoms with Crippen LogP contribution in [0.25, 0.3) is 0 Å². The normalized spacial score (nSPS) is 17.5. The molecule has 1 rings (SSSR count). The van der Waals surface area contributed by atoms with Crippen LogP contribution in [-0.4, -0.2) is 72.5 Å². The molecular formula is C19H42N2O2. The minimum atomic E-state index is -0.200. The van der Waals surface area contributed by atoms with Crippen LogP contribution in [0.4, 0.5) is 0 Å². The van der Waals surface area contributed by atoms with Crippen LogP contribution >= 0.6 is 0 Å². The molecule has 1 N–H and O–H groups in total. The van der Waals surface area contributed by atoms with Gasteiger partial charge in [0.15, 0.2) is 0 Å². The number of aliphatic hydroxyl groups excluding tert-OH is 1. The van der Waals surface area contributed by atoms with Crippen LogP contribution in [0.2, 0.25) is 0 Å². The van der Waals surface area contributed by atoms with Crippen molar-refractivity contribution in [1.82, 2.24) is 9.80 Å². The van der Waals surface area contributed by atoms with E-state index < -0.39 is 0 Å². The number of piperazine rings is 1. The Morgan fingerprint density at radius 2 is 1.57 bits per heavy atom. The van der Waals surface area contributed by atoms with Gasteiger partial charge in [0.1, 0.15) is 0 Å². The second kappa shape index (κ2) is 12.2. The molecule has 0 saturated carbocycles. The summed E-state index contributed by atoms with van der Waals surface area (Å²) >= 11 is 0. The monoisotopic (exact) mass is 330 g/mol. The van der Waals surface area contributed by atoms with Gasteiger partial charge in [-0.1, -0.05) is 27.2 Å². The standard InChI is InChI=1S/C14H30N2O2.C5H12/c1-13(2)16-8-6-15(7-9-16)10-12-18-14(3,4)5-11-17;1-4-5(2)3/h13,17H,5-12H2,1-4H3;5H,4H2,1-3H3. The van der Waals surface area contributed by atoms with Gasteiger partial charge in [-0.15, -0.1) is 0 Å². The molecule has 0 aromatic carbocycles. The lowest BCUT2D eigenvalue weighted by Crippen LogP contribution is -2.49. The molecule has 1 heterocycles. The summed E-state index contributed by atoms with van der Waals surface area (Å²) in [7, 11) is 0. The summed E-state index contributed by atoms with van der Waals surface area (Å²) in [5.74, 6) is 0.884. The zero-order valence-electron chi connectivity index (χ0n) is 16.8. The van der Waals surface area contributed by atoms with Crippen molar-refractivity contribution in [1.29, 1.82) is 0 Å². The summed E-state index contributed by atoms with van der Waals surface area (Å²) in [6.07, 6.45) is 2.01. The van der Waals surface area contributed by atoms with E-state index in [1.807, 2.05) is 13.8 Å². The molecule has 1 saturated heterocycles. The fraction of sp³-hybridized carbons (Fsp3) is 1.00. The van der Waals surface area contributed by atoms with Crippen molar-refractivity contribution in [2.24, 2.45) is 5.92 Å². The second-order valence-corrected chi connectivity index (χ2v) is 7.86. The molecule has 1 fully saturated rings. The van der Waals surface area contributed by atoms with Crippen LogP contribution in [-0.2, 0) is 4.74 Å². The summed E-state index contributed by atoms with van der Waals surface area (Å²) in [6.45, 7) is 21.8. The van der Waals surface area contributed by atoms with E-state index in [0.29, 0.717) is 12.5 Å². The predicted molar refractivity (Wildman–Crippen MR) is 100 cm³/mol. The maximum absolute atomic E-state index is 8.94. The first-order valence-electron chi connectivity index (χ1n) is 9.43. The van der Waals surface area contributed by atoms with E-state index in [1.54, 1.807) is 0 Å². The van der Waals surface area contributed by atoms with Gasteiger partial charge in [0.25, 0.3) is 0 Å². The zero-order chi connectivity index (χ0) is 17.9. The van der Waals surface area contributed by atoms with Crippen LogP contribution < -0.4 is 0 Å². The third-order valence-corrected chi connectivity index (χ3v) is 4.57. The first kappa shape index (κ1) is 22.8. The summed E-state index contributed by atoms with van der Waals surface area (Å²) in [5.41, 5.74) is -0.200. The maximum Gasteiger partial charge on any atom is 0.0649 e. The molecule has 1 aliphatic rings. The van der Waals surface area contributed by atoms with E-state index in [2.05, 4.69) is 44.4 Å². The molecule has 140 valence electrons. The molecule has 4 heteroatoms. The van der Waals surface area contributed by atoms with Gasteiger partial charge in [-0.25, -0.2) is 0 Å². The number of rotatable bonds is 8. The molecule has 0 spiro atoms. The molecule has 0 amide bonds. The molecule has 4 nitrogen and oxygen atoms in total. The van der Waals surface area contributed by atoms with E-state index in [9.17, 15) is 0 Å². The summed E-state index contributed by atoms with van der Waals surface area (Å²) in [4.78, 5) is 4.99. The smallest absolute Gasteiger partial charge is 0.0649 e. The Kier molecular flexibility index (Phi) is 12.2. The van der Waals surface area contributed by atoms with Gasteiger partial charge >= 0.3 is 0 Å². The van der Waals surface area contributed by atoms with Gasteiger partial charge in [0.05, 0.1) is 12.2 Å². The van der Waals surface area contributed by atoms with Gasteiger partial charge in [0.2, 0.25) is 0 Å². The average Bonchev–Trinajstić information content (AvgIpc) is 2.48. The zero-order valence-corrected chi connectivity index (χ0v) is 16.8. The Balaban J connectivity index is 0.000000841. The van der Waals surface area contributed by atoms with Crippen molar-refractivity contribution in [3.63, 3.8) is 0 Å². The van der Waals surface area contributed by atoms with Gasteiger partial charge < -0.3 is 9.84 Å². The molecule has 0 unspecified atom stereocenters. The summed E-state index contributed by atoms with van der Waals surface area (Å²) in [6, 6.07) is 0.659. The van der Waals surface area contributed by atoms with Gasteiger partial charge in [-0.2, -0.15) is 0 Å². The van der Waals surface area contributed by atoms with Crippen molar-refractivity contribution in [2.45, 2.75) is 73.0 Å². The van der Waals surface area contributed by atoms with Gasteiger partial charge in [-0.3, -0.25) is 9.80 Å². The molecule has 0 aromatic heterocycles. The molecule has 23 heavy (non-hydrogen) atoms. The van der Waals surface area contributed by atoms with Gasteiger partial charge in [-0.05, 0) is 40.0 Å². The molecular weight excluding hydrogens is 288 g/mol. The molecule has 0 atom stereocenters. The number of nitrogens with zero attached hydrogens (tertiary/aromatic N) is 2. The quantitative estimate of drug-likeness (QED) is 0.741. The lowest BCUT2D eigenvalue weighted by molar-refractivity contribution is -0.0437. The lowest BCUT2D eigenvalue weighted by Gasteiger charge is -2.37. The number of hydrogen-bond donors (Lipinski definition) is 1. The SMILES string of the molecule is CC(C)N1CCN(CCOC(C)(C)CCO)CC1.CCC(C)C. The first-order chi connectivity index (χ1) is 10.7. The maximum atomic E-state index is 8.94. The number of aliphatic hydroxyl groups is 1. The van der Waals surface area contributed by atoms with E-state index in [1.165, 1.54) is 6.42 Å². The van der Waals surface area contributed by atoms with Crippen molar-refractivity contribution >= 4 is 0 Å². The highest BCUT2D eigenvalue weighted by atomic mass is 16.5. The second-order valence-electron chi connectivity index (χ2n) is 7.86. The van der Waals surface area contributed by atoms with E-state index in [0.717, 1.165) is 45.2 Å². The Morgan fingerprint density at radius 1 is 1.04 bits per heavy atom. The average molecular weight is 331 g/mol. The van der Waals surface area contributed by atoms with Gasteiger partial charge in [0, 0.05) is 45.4 Å². The highest BCUT2D eigenvalue weighted by Gasteiger charge is 2.20. The minimum absolute atomic E-state index is 0.195. The van der Waals surface area contributed by atoms with Crippen molar-refractivity contribution < 1.29 is 9.84 Å². The topological polar surface area (TPSA) is 35.9 Å². The minimum Gasteiger partial charge on any atom is -0.396 e. The van der Waals surface area contributed by atoms with Crippen LogP contribution in [0.15, 0.2) is 0 Å². The van der Waals surface area contributed by atoms with Crippen LogP contribution in [0.3, 0.4) is 0 Å². The largest absolute Gasteiger partial charge is 0.396 e. The van der Waals surface area contributed by atoms with E-state index in [-0.39, 0.29) is 12.2 Å². The Hall–Kier alpha value is -0.160. The highest BCUT2D eigenvalue weighted by Crippen LogP contribution is 2.13. The van der Waals surface area contributed by atoms with E-state index in [4.69, 9.17) is 9.84 Å².